The monoisotopic (exact) mass is 396 g/mol. The number of nitrogens with zero attached hydrogens (tertiary/aromatic N) is 4. The Hall–Kier alpha value is -2.38. The number of hydrogen-bond acceptors (Lipinski definition) is 6. The molecule has 1 amide bonds. The largest absolute Gasteiger partial charge is 0.332 e. The van der Waals surface area contributed by atoms with Crippen molar-refractivity contribution in [1.82, 2.24) is 19.9 Å². The van der Waals surface area contributed by atoms with E-state index in [1.807, 2.05) is 52.9 Å². The Morgan fingerprint density at radius 3 is 2.56 bits per heavy atom. The van der Waals surface area contributed by atoms with Crippen LogP contribution >= 0.6 is 22.7 Å². The second kappa shape index (κ2) is 6.65. The van der Waals surface area contributed by atoms with Crippen LogP contribution in [0.25, 0.3) is 20.4 Å². The van der Waals surface area contributed by atoms with Gasteiger partial charge in [0, 0.05) is 18.1 Å². The van der Waals surface area contributed by atoms with Crippen LogP contribution in [0.1, 0.15) is 44.7 Å². The first kappa shape index (κ1) is 18.0. The molecule has 0 bridgehead atoms. The first-order valence-corrected chi connectivity index (χ1v) is 10.4. The Morgan fingerprint density at radius 1 is 1.07 bits per heavy atom. The average molecular weight is 397 g/mol. The van der Waals surface area contributed by atoms with Crippen molar-refractivity contribution in [2.24, 2.45) is 0 Å². The summed E-state index contributed by atoms with van der Waals surface area (Å²) in [6.45, 7) is 7.85. The van der Waals surface area contributed by atoms with Crippen LogP contribution in [-0.4, -0.2) is 32.8 Å². The van der Waals surface area contributed by atoms with Crippen LogP contribution in [0.3, 0.4) is 0 Å². The predicted molar refractivity (Wildman–Crippen MR) is 112 cm³/mol. The van der Waals surface area contributed by atoms with Gasteiger partial charge in [0.1, 0.15) is 15.7 Å². The minimum Gasteiger partial charge on any atom is -0.332 e. The van der Waals surface area contributed by atoms with Gasteiger partial charge in [0.25, 0.3) is 5.91 Å². The fourth-order valence-corrected chi connectivity index (χ4v) is 5.57. The zero-order valence-corrected chi connectivity index (χ0v) is 17.5. The molecule has 1 atom stereocenters. The van der Waals surface area contributed by atoms with Gasteiger partial charge in [-0.15, -0.1) is 22.7 Å². The number of rotatable bonds is 3. The Labute approximate surface area is 165 Å². The van der Waals surface area contributed by atoms with Crippen LogP contribution in [0, 0.1) is 20.8 Å². The molecule has 0 fully saturated rings. The molecule has 27 heavy (non-hydrogen) atoms. The summed E-state index contributed by atoms with van der Waals surface area (Å²) in [5, 5.41) is 1.94. The molecule has 1 unspecified atom stereocenters. The van der Waals surface area contributed by atoms with E-state index in [9.17, 15) is 4.79 Å². The van der Waals surface area contributed by atoms with Crippen molar-refractivity contribution in [2.75, 3.05) is 7.05 Å². The Balaban J connectivity index is 1.70. The molecule has 0 spiro atoms. The second-order valence-electron chi connectivity index (χ2n) is 6.70. The average Bonchev–Trinajstić information content (AvgIpc) is 3.21. The molecule has 0 aliphatic rings. The van der Waals surface area contributed by atoms with Crippen LogP contribution in [0.4, 0.5) is 0 Å². The normalized spacial score (nSPS) is 12.6. The van der Waals surface area contributed by atoms with Gasteiger partial charge in [-0.3, -0.25) is 4.79 Å². The van der Waals surface area contributed by atoms with Gasteiger partial charge in [-0.1, -0.05) is 12.1 Å². The summed E-state index contributed by atoms with van der Waals surface area (Å²) in [6, 6.07) is 7.95. The van der Waals surface area contributed by atoms with E-state index in [-0.39, 0.29) is 11.9 Å². The highest BCUT2D eigenvalue weighted by Crippen LogP contribution is 2.34. The van der Waals surface area contributed by atoms with E-state index >= 15 is 0 Å². The Bertz CT molecular complexity index is 1140. The van der Waals surface area contributed by atoms with Gasteiger partial charge in [-0.25, -0.2) is 15.0 Å². The first-order chi connectivity index (χ1) is 12.9. The van der Waals surface area contributed by atoms with Crippen LogP contribution in [0.15, 0.2) is 24.3 Å². The van der Waals surface area contributed by atoms with Gasteiger partial charge < -0.3 is 4.90 Å². The number of fused-ring (bicyclic) bond motifs is 2. The smallest absolute Gasteiger partial charge is 0.264 e. The van der Waals surface area contributed by atoms with Gasteiger partial charge in [-0.2, -0.15) is 0 Å². The highest BCUT2D eigenvalue weighted by atomic mass is 32.1. The van der Waals surface area contributed by atoms with Crippen LogP contribution < -0.4 is 0 Å². The fourth-order valence-electron chi connectivity index (χ4n) is 3.25. The molecule has 1 aromatic carbocycles. The lowest BCUT2D eigenvalue weighted by molar-refractivity contribution is 0.0747. The first-order valence-electron chi connectivity index (χ1n) is 8.73. The maximum atomic E-state index is 13.2. The van der Waals surface area contributed by atoms with E-state index in [0.717, 1.165) is 47.4 Å². The number of thiophene rings is 1. The summed E-state index contributed by atoms with van der Waals surface area (Å²) < 4.78 is 1.14. The molecule has 0 radical (unpaired) electrons. The van der Waals surface area contributed by atoms with E-state index in [2.05, 4.69) is 16.0 Å². The van der Waals surface area contributed by atoms with Crippen LogP contribution in [-0.2, 0) is 0 Å². The highest BCUT2D eigenvalue weighted by Gasteiger charge is 2.26. The quantitative estimate of drug-likeness (QED) is 0.486. The fraction of sp³-hybridized carbons (Fsp3) is 0.300. The second-order valence-corrected chi connectivity index (χ2v) is 8.77. The summed E-state index contributed by atoms with van der Waals surface area (Å²) >= 11 is 3.08. The number of aryl methyl sites for hydroxylation is 3. The molecule has 0 N–H and O–H groups in total. The third-order valence-corrected chi connectivity index (χ3v) is 7.23. The molecule has 0 saturated carbocycles. The standard InChI is InChI=1S/C20H20N4OS2/c1-10-16-11(2)21-13(4)22-19(16)27-17(10)20(25)24(5)12(3)18-23-14-8-6-7-9-15(14)26-18/h6-9,12H,1-5H3. The van der Waals surface area contributed by atoms with Gasteiger partial charge in [0.2, 0.25) is 0 Å². The number of benzene rings is 1. The summed E-state index contributed by atoms with van der Waals surface area (Å²) in [6.07, 6.45) is 0. The third-order valence-electron chi connectivity index (χ3n) is 4.85. The van der Waals surface area contributed by atoms with Crippen molar-refractivity contribution in [3.05, 3.63) is 51.2 Å². The number of carbonyl (C=O) groups is 1. The van der Waals surface area contributed by atoms with Crippen molar-refractivity contribution in [3.8, 4) is 0 Å². The maximum Gasteiger partial charge on any atom is 0.264 e. The Morgan fingerprint density at radius 2 is 1.81 bits per heavy atom. The number of thiazole rings is 1. The lowest BCUT2D eigenvalue weighted by Gasteiger charge is -2.23. The van der Waals surface area contributed by atoms with E-state index in [1.165, 1.54) is 11.3 Å². The van der Waals surface area contributed by atoms with Gasteiger partial charge >= 0.3 is 0 Å². The number of hydrogen-bond donors (Lipinski definition) is 0. The lowest BCUT2D eigenvalue weighted by atomic mass is 10.1. The van der Waals surface area contributed by atoms with E-state index < -0.39 is 0 Å². The predicted octanol–water partition coefficient (Wildman–Crippen LogP) is 5.06. The molecule has 0 aliphatic heterocycles. The summed E-state index contributed by atoms with van der Waals surface area (Å²) in [4.78, 5) is 30.3. The number of carbonyl (C=O) groups excluding carboxylic acids is 1. The zero-order chi connectivity index (χ0) is 19.3. The Kier molecular flexibility index (Phi) is 4.44. The van der Waals surface area contributed by atoms with Crippen molar-refractivity contribution < 1.29 is 4.79 Å². The van der Waals surface area contributed by atoms with Crippen LogP contribution in [0.2, 0.25) is 0 Å². The molecule has 5 nitrogen and oxygen atoms in total. The van der Waals surface area contributed by atoms with Crippen molar-refractivity contribution in [3.63, 3.8) is 0 Å². The zero-order valence-electron chi connectivity index (χ0n) is 15.9. The lowest BCUT2D eigenvalue weighted by Crippen LogP contribution is -2.29. The summed E-state index contributed by atoms with van der Waals surface area (Å²) in [7, 11) is 1.84. The summed E-state index contributed by atoms with van der Waals surface area (Å²) in [5.41, 5.74) is 2.86. The number of para-hydroxylation sites is 1. The third kappa shape index (κ3) is 3.00. The van der Waals surface area contributed by atoms with E-state index in [4.69, 9.17) is 4.98 Å². The van der Waals surface area contributed by atoms with E-state index in [0.29, 0.717) is 0 Å². The topological polar surface area (TPSA) is 59.0 Å². The number of aromatic nitrogens is 3. The minimum atomic E-state index is -0.103. The molecule has 3 heterocycles. The molecular weight excluding hydrogens is 376 g/mol. The van der Waals surface area contributed by atoms with Crippen molar-refractivity contribution >= 4 is 49.0 Å². The van der Waals surface area contributed by atoms with Crippen molar-refractivity contribution in [1.29, 1.82) is 0 Å². The van der Waals surface area contributed by atoms with E-state index in [1.54, 1.807) is 16.2 Å². The molecule has 138 valence electrons. The molecule has 3 aromatic heterocycles. The minimum absolute atomic E-state index is 0.000640. The highest BCUT2D eigenvalue weighted by molar-refractivity contribution is 7.20. The van der Waals surface area contributed by atoms with Gasteiger partial charge in [0.05, 0.1) is 21.1 Å². The number of amides is 1. The maximum absolute atomic E-state index is 13.2. The molecular formula is C20H20N4OS2. The SMILES string of the molecule is Cc1nc(C)c2c(C)c(C(=O)N(C)C(C)c3nc4ccccc4s3)sc2n1. The van der Waals surface area contributed by atoms with Crippen LogP contribution in [0.5, 0.6) is 0 Å². The molecule has 7 heteroatoms. The molecule has 4 rings (SSSR count). The van der Waals surface area contributed by atoms with Crippen molar-refractivity contribution in [2.45, 2.75) is 33.7 Å². The van der Waals surface area contributed by atoms with Gasteiger partial charge in [0.15, 0.2) is 0 Å². The molecule has 0 saturated heterocycles. The van der Waals surface area contributed by atoms with Gasteiger partial charge in [-0.05, 0) is 45.4 Å². The summed E-state index contributed by atoms with van der Waals surface area (Å²) in [5.74, 6) is 0.732. The molecule has 0 aliphatic carbocycles. The molecule has 4 aromatic rings.